The molecule has 0 N–H and O–H groups in total. The van der Waals surface area contributed by atoms with Crippen molar-refractivity contribution in [3.63, 3.8) is 0 Å². The van der Waals surface area contributed by atoms with Gasteiger partial charge in [-0.25, -0.2) is 0 Å². The second-order valence-electron chi connectivity index (χ2n) is 2.34. The number of rotatable bonds is 2. The number of ether oxygens (including phenoxy) is 2. The summed E-state index contributed by atoms with van der Waals surface area (Å²) in [4.78, 5) is 0. The largest absolute Gasteiger partial charge is 0.497 e. The van der Waals surface area contributed by atoms with Gasteiger partial charge in [0.1, 0.15) is 11.9 Å². The van der Waals surface area contributed by atoms with Crippen LogP contribution in [0.5, 0.6) is 0 Å². The summed E-state index contributed by atoms with van der Waals surface area (Å²) in [6.07, 6.45) is 5.67. The molecule has 1 unspecified atom stereocenters. The number of methoxy groups -OCH3 is 2. The van der Waals surface area contributed by atoms with E-state index in [1.54, 1.807) is 14.2 Å². The Morgan fingerprint density at radius 2 is 2.18 bits per heavy atom. The molecule has 1 rings (SSSR count). The normalized spacial score (nSPS) is 23.3. The minimum Gasteiger partial charge on any atom is -0.497 e. The van der Waals surface area contributed by atoms with Crippen LogP contribution in [0.3, 0.4) is 0 Å². The zero-order chi connectivity index (χ0) is 8.27. The summed E-state index contributed by atoms with van der Waals surface area (Å²) < 4.78 is 10.1. The van der Waals surface area contributed by atoms with Gasteiger partial charge < -0.3 is 9.47 Å². The van der Waals surface area contributed by atoms with Crippen molar-refractivity contribution in [2.75, 3.05) is 14.2 Å². The zero-order valence-corrected chi connectivity index (χ0v) is 6.83. The van der Waals surface area contributed by atoms with Crippen LogP contribution in [0.2, 0.25) is 0 Å². The number of allylic oxidation sites excluding steroid dienone is 1. The van der Waals surface area contributed by atoms with Crippen LogP contribution in [0.1, 0.15) is 0 Å². The SMILES string of the molecule is C=C1C=C(OC)C=CC1OC. The molecule has 1 aliphatic carbocycles. The van der Waals surface area contributed by atoms with Gasteiger partial charge in [-0.05, 0) is 23.8 Å². The summed E-state index contributed by atoms with van der Waals surface area (Å²) in [6.45, 7) is 3.83. The first kappa shape index (κ1) is 8.08. The maximum atomic E-state index is 5.11. The van der Waals surface area contributed by atoms with Crippen LogP contribution < -0.4 is 0 Å². The molecule has 0 saturated carbocycles. The first-order valence-electron chi connectivity index (χ1n) is 3.43. The summed E-state index contributed by atoms with van der Waals surface area (Å²) in [5.74, 6) is 0.823. The fraction of sp³-hybridized carbons (Fsp3) is 0.333. The van der Waals surface area contributed by atoms with Gasteiger partial charge in [-0.2, -0.15) is 0 Å². The minimum atomic E-state index is 0.00824. The Bertz CT molecular complexity index is 214. The van der Waals surface area contributed by atoms with Crippen LogP contribution >= 0.6 is 0 Å². The molecule has 0 amide bonds. The zero-order valence-electron chi connectivity index (χ0n) is 6.83. The van der Waals surface area contributed by atoms with Crippen molar-refractivity contribution in [1.29, 1.82) is 0 Å². The molecule has 11 heavy (non-hydrogen) atoms. The van der Waals surface area contributed by atoms with E-state index in [0.29, 0.717) is 0 Å². The van der Waals surface area contributed by atoms with E-state index in [-0.39, 0.29) is 6.10 Å². The average Bonchev–Trinajstić information content (AvgIpc) is 2.04. The summed E-state index contributed by atoms with van der Waals surface area (Å²) in [5.41, 5.74) is 0.923. The molecule has 0 fully saturated rings. The second-order valence-corrected chi connectivity index (χ2v) is 2.34. The Morgan fingerprint density at radius 1 is 1.45 bits per heavy atom. The Kier molecular flexibility index (Phi) is 2.49. The van der Waals surface area contributed by atoms with Crippen molar-refractivity contribution in [2.24, 2.45) is 0 Å². The van der Waals surface area contributed by atoms with Crippen LogP contribution in [0.4, 0.5) is 0 Å². The molecule has 0 bridgehead atoms. The smallest absolute Gasteiger partial charge is 0.119 e. The lowest BCUT2D eigenvalue weighted by atomic mass is 10.1. The van der Waals surface area contributed by atoms with E-state index >= 15 is 0 Å². The predicted octanol–water partition coefficient (Wildman–Crippen LogP) is 1.66. The highest BCUT2D eigenvalue weighted by Gasteiger charge is 2.10. The van der Waals surface area contributed by atoms with Gasteiger partial charge in [-0.1, -0.05) is 6.58 Å². The van der Waals surface area contributed by atoms with Crippen LogP contribution in [-0.4, -0.2) is 20.3 Å². The molecule has 0 spiro atoms. The molecule has 0 radical (unpaired) electrons. The molecule has 2 nitrogen and oxygen atoms in total. The molecule has 0 saturated heterocycles. The van der Waals surface area contributed by atoms with Gasteiger partial charge in [0, 0.05) is 7.11 Å². The number of hydrogen-bond donors (Lipinski definition) is 0. The average molecular weight is 152 g/mol. The van der Waals surface area contributed by atoms with Gasteiger partial charge in [0.2, 0.25) is 0 Å². The van der Waals surface area contributed by atoms with E-state index in [1.807, 2.05) is 18.2 Å². The molecular formula is C9H12O2. The van der Waals surface area contributed by atoms with Crippen LogP contribution in [-0.2, 0) is 9.47 Å². The van der Waals surface area contributed by atoms with Crippen molar-refractivity contribution < 1.29 is 9.47 Å². The summed E-state index contributed by atoms with van der Waals surface area (Å²) in [6, 6.07) is 0. The van der Waals surface area contributed by atoms with E-state index in [4.69, 9.17) is 9.47 Å². The Labute approximate surface area is 66.8 Å². The first-order chi connectivity index (χ1) is 5.27. The highest BCUT2D eigenvalue weighted by molar-refractivity contribution is 5.35. The molecule has 1 atom stereocenters. The highest BCUT2D eigenvalue weighted by Crippen LogP contribution is 2.16. The van der Waals surface area contributed by atoms with Gasteiger partial charge >= 0.3 is 0 Å². The maximum absolute atomic E-state index is 5.11. The molecular weight excluding hydrogens is 140 g/mol. The monoisotopic (exact) mass is 152 g/mol. The lowest BCUT2D eigenvalue weighted by molar-refractivity contribution is 0.168. The third kappa shape index (κ3) is 1.71. The van der Waals surface area contributed by atoms with Crippen molar-refractivity contribution in [3.05, 3.63) is 36.1 Å². The van der Waals surface area contributed by atoms with Crippen molar-refractivity contribution in [3.8, 4) is 0 Å². The van der Waals surface area contributed by atoms with Crippen LogP contribution in [0, 0.1) is 0 Å². The fourth-order valence-corrected chi connectivity index (χ4v) is 0.976. The Morgan fingerprint density at radius 3 is 2.64 bits per heavy atom. The molecule has 0 heterocycles. The predicted molar refractivity (Wildman–Crippen MR) is 44.2 cm³/mol. The molecule has 0 aromatic heterocycles. The van der Waals surface area contributed by atoms with Gasteiger partial charge in [0.25, 0.3) is 0 Å². The quantitative estimate of drug-likeness (QED) is 0.599. The van der Waals surface area contributed by atoms with E-state index in [1.165, 1.54) is 0 Å². The highest BCUT2D eigenvalue weighted by atomic mass is 16.5. The molecule has 0 aromatic carbocycles. The first-order valence-corrected chi connectivity index (χ1v) is 3.43. The second kappa shape index (κ2) is 3.39. The summed E-state index contributed by atoms with van der Waals surface area (Å²) >= 11 is 0. The van der Waals surface area contributed by atoms with E-state index in [0.717, 1.165) is 11.3 Å². The van der Waals surface area contributed by atoms with Gasteiger partial charge in [-0.3, -0.25) is 0 Å². The fourth-order valence-electron chi connectivity index (χ4n) is 0.976. The Balaban J connectivity index is 2.71. The standard InChI is InChI=1S/C9H12O2/c1-7-6-8(10-2)4-5-9(7)11-3/h4-6,9H,1H2,2-3H3. The van der Waals surface area contributed by atoms with E-state index in [9.17, 15) is 0 Å². The lowest BCUT2D eigenvalue weighted by Gasteiger charge is -2.16. The lowest BCUT2D eigenvalue weighted by Crippen LogP contribution is -2.11. The van der Waals surface area contributed by atoms with Crippen molar-refractivity contribution >= 4 is 0 Å². The third-order valence-corrected chi connectivity index (χ3v) is 1.62. The summed E-state index contributed by atoms with van der Waals surface area (Å²) in [5, 5.41) is 0. The third-order valence-electron chi connectivity index (χ3n) is 1.62. The topological polar surface area (TPSA) is 18.5 Å². The minimum absolute atomic E-state index is 0.00824. The molecule has 60 valence electrons. The van der Waals surface area contributed by atoms with Crippen LogP contribution in [0.25, 0.3) is 0 Å². The maximum Gasteiger partial charge on any atom is 0.119 e. The molecule has 0 aliphatic heterocycles. The Hall–Kier alpha value is -1.02. The summed E-state index contributed by atoms with van der Waals surface area (Å²) in [7, 11) is 3.29. The molecule has 0 aromatic rings. The number of hydrogen-bond acceptors (Lipinski definition) is 2. The van der Waals surface area contributed by atoms with E-state index < -0.39 is 0 Å². The van der Waals surface area contributed by atoms with Crippen molar-refractivity contribution in [1.82, 2.24) is 0 Å². The van der Waals surface area contributed by atoms with Crippen LogP contribution in [0.15, 0.2) is 36.1 Å². The van der Waals surface area contributed by atoms with Gasteiger partial charge in [0.15, 0.2) is 0 Å². The molecule has 1 aliphatic rings. The van der Waals surface area contributed by atoms with E-state index in [2.05, 4.69) is 6.58 Å². The van der Waals surface area contributed by atoms with Crippen molar-refractivity contribution in [2.45, 2.75) is 6.10 Å². The van der Waals surface area contributed by atoms with Gasteiger partial charge in [-0.15, -0.1) is 0 Å². The molecule has 2 heteroatoms. The van der Waals surface area contributed by atoms with Gasteiger partial charge in [0.05, 0.1) is 7.11 Å².